The summed E-state index contributed by atoms with van der Waals surface area (Å²) in [6, 6.07) is 38.8. The number of carbonyl (C=O) groups excluding carboxylic acids is 4. The molecule has 8 bridgehead atoms. The van der Waals surface area contributed by atoms with Crippen molar-refractivity contribution in [1.82, 2.24) is 39.9 Å². The number of hydrogen-bond donors (Lipinski definition) is 6. The van der Waals surface area contributed by atoms with Gasteiger partial charge in [0.25, 0.3) is 0 Å². The Kier molecular flexibility index (Phi) is 9.25. The van der Waals surface area contributed by atoms with Crippen LogP contribution in [0.2, 0.25) is 0 Å². The summed E-state index contributed by atoms with van der Waals surface area (Å²) >= 11 is 0. The van der Waals surface area contributed by atoms with E-state index < -0.39 is 0 Å². The Balaban J connectivity index is 1.20. The van der Waals surface area contributed by atoms with Crippen molar-refractivity contribution in [3.05, 3.63) is 121 Å². The highest BCUT2D eigenvalue weighted by molar-refractivity contribution is 6.17. The lowest BCUT2D eigenvalue weighted by Gasteiger charge is -2.09. The number of hydrogen-bond acceptors (Lipinski definition) is 10. The molecule has 8 aromatic carbocycles. The van der Waals surface area contributed by atoms with E-state index in [1.54, 1.807) is 0 Å². The molecular weight excluding hydrogens is 905 g/mol. The molecular formula is C56H38N12O4. The Labute approximate surface area is 407 Å². The number of benzene rings is 8. The predicted molar refractivity (Wildman–Crippen MR) is 283 cm³/mol. The minimum Gasteiger partial charge on any atom is -0.326 e. The van der Waals surface area contributed by atoms with Crippen LogP contribution in [0.25, 0.3) is 133 Å². The third kappa shape index (κ3) is 6.91. The average molecular weight is 943 g/mol. The molecule has 0 aliphatic carbocycles. The summed E-state index contributed by atoms with van der Waals surface area (Å²) in [6.45, 7) is 5.90. The van der Waals surface area contributed by atoms with Crippen molar-refractivity contribution in [2.75, 3.05) is 21.3 Å². The van der Waals surface area contributed by atoms with Gasteiger partial charge in [0, 0.05) is 116 Å². The second kappa shape index (κ2) is 15.8. The van der Waals surface area contributed by atoms with Crippen LogP contribution >= 0.6 is 0 Å². The summed E-state index contributed by atoms with van der Waals surface area (Å²) in [5.74, 6) is 0.627. The van der Waals surface area contributed by atoms with Gasteiger partial charge in [-0.05, 0) is 94.3 Å². The van der Waals surface area contributed by atoms with Crippen molar-refractivity contribution in [1.29, 1.82) is 0 Å². The van der Waals surface area contributed by atoms with E-state index in [2.05, 4.69) is 31.2 Å². The zero-order chi connectivity index (χ0) is 49.1. The summed E-state index contributed by atoms with van der Waals surface area (Å²) in [7, 11) is 0. The van der Waals surface area contributed by atoms with E-state index in [1.807, 2.05) is 121 Å². The Bertz CT molecular complexity index is 4210. The first-order valence-corrected chi connectivity index (χ1v) is 23.1. The first-order chi connectivity index (χ1) is 34.9. The van der Waals surface area contributed by atoms with Gasteiger partial charge in [-0.25, -0.2) is 29.9 Å². The van der Waals surface area contributed by atoms with Crippen LogP contribution in [0.5, 0.6) is 0 Å². The van der Waals surface area contributed by atoms with Crippen LogP contribution in [0.3, 0.4) is 0 Å². The zero-order valence-electron chi connectivity index (χ0n) is 38.9. The van der Waals surface area contributed by atoms with Crippen molar-refractivity contribution in [3.8, 4) is 45.6 Å². The van der Waals surface area contributed by atoms with Crippen LogP contribution in [-0.2, 0) is 19.2 Å². The van der Waals surface area contributed by atoms with Gasteiger partial charge in [0.05, 0.1) is 0 Å². The highest BCUT2D eigenvalue weighted by Gasteiger charge is 2.25. The molecule has 6 N–H and O–H groups in total. The highest BCUT2D eigenvalue weighted by atomic mass is 16.2. The molecule has 11 aromatic rings. The predicted octanol–water partition coefficient (Wildman–Crippen LogP) is 11.3. The second-order valence-electron chi connectivity index (χ2n) is 18.0. The topological polar surface area (TPSA) is 225 Å². The maximum atomic E-state index is 12.5. The first-order valence-electron chi connectivity index (χ1n) is 23.1. The largest absolute Gasteiger partial charge is 0.326 e. The SMILES string of the molecule is CC(=O)Nc1cccc2cc3c(cc12)-c1nc-3nc2[nH]c(nc3nc(nc4[nH]c(n1)c1cc5cccc(NC(C)=O)c5cc41)-c1cc4cccc(NC(C)=O)c4cc1-3)c1cc3cccc(NC(C)=O)c3cc21. The molecule has 5 heterocycles. The summed E-state index contributed by atoms with van der Waals surface area (Å²) in [4.78, 5) is 88.5. The van der Waals surface area contributed by atoms with E-state index in [-0.39, 0.29) is 23.6 Å². The van der Waals surface area contributed by atoms with Crippen LogP contribution < -0.4 is 21.3 Å². The zero-order valence-corrected chi connectivity index (χ0v) is 38.9. The van der Waals surface area contributed by atoms with Crippen molar-refractivity contribution in [2.24, 2.45) is 0 Å². The smallest absolute Gasteiger partial charge is 0.221 e. The van der Waals surface area contributed by atoms with E-state index in [9.17, 15) is 19.2 Å². The van der Waals surface area contributed by atoms with Crippen LogP contribution in [0.1, 0.15) is 27.7 Å². The van der Waals surface area contributed by atoms with Crippen molar-refractivity contribution in [2.45, 2.75) is 27.7 Å². The summed E-state index contributed by atoms with van der Waals surface area (Å²) in [5, 5.41) is 21.4. The van der Waals surface area contributed by atoms with Gasteiger partial charge < -0.3 is 31.2 Å². The Morgan fingerprint density at radius 2 is 0.583 bits per heavy atom. The summed E-state index contributed by atoms with van der Waals surface area (Å²) < 4.78 is 0. The van der Waals surface area contributed by atoms with Crippen molar-refractivity contribution in [3.63, 3.8) is 0 Å². The summed E-state index contributed by atoms with van der Waals surface area (Å²) in [6.07, 6.45) is 0. The molecule has 13 rings (SSSR count). The molecule has 4 amide bonds. The van der Waals surface area contributed by atoms with Crippen LogP contribution in [0, 0.1) is 0 Å². The van der Waals surface area contributed by atoms with Crippen LogP contribution in [0.4, 0.5) is 22.7 Å². The van der Waals surface area contributed by atoms with Crippen molar-refractivity contribution >= 4 is 134 Å². The number of H-pyrrole nitrogens is 2. The Hall–Kier alpha value is -9.96. The summed E-state index contributed by atoms with van der Waals surface area (Å²) in [5.41, 5.74) is 7.11. The Morgan fingerprint density at radius 1 is 0.319 bits per heavy atom. The lowest BCUT2D eigenvalue weighted by Crippen LogP contribution is -2.06. The van der Waals surface area contributed by atoms with Gasteiger partial charge in [0.1, 0.15) is 22.6 Å². The molecule has 0 unspecified atom stereocenters. The number of aromatic nitrogens is 8. The number of amides is 4. The maximum absolute atomic E-state index is 12.5. The van der Waals surface area contributed by atoms with Gasteiger partial charge in [-0.3, -0.25) is 19.2 Å². The van der Waals surface area contributed by atoms with E-state index in [0.717, 1.165) is 53.9 Å². The maximum Gasteiger partial charge on any atom is 0.221 e. The molecule has 0 saturated heterocycles. The monoisotopic (exact) mass is 942 g/mol. The van der Waals surface area contributed by atoms with Crippen molar-refractivity contribution < 1.29 is 19.2 Å². The van der Waals surface area contributed by atoms with Gasteiger partial charge in [-0.1, -0.05) is 48.5 Å². The number of carbonyl (C=O) groups is 4. The van der Waals surface area contributed by atoms with Gasteiger partial charge in [-0.2, -0.15) is 0 Å². The fourth-order valence-electron chi connectivity index (χ4n) is 10.1. The number of nitrogens with one attached hydrogen (secondary N) is 6. The quantitative estimate of drug-likeness (QED) is 0.0978. The number of rotatable bonds is 4. The third-order valence-electron chi connectivity index (χ3n) is 13.1. The highest BCUT2D eigenvalue weighted by Crippen LogP contribution is 2.43. The average Bonchev–Trinajstić information content (AvgIpc) is 4.06. The molecule has 0 radical (unpaired) electrons. The molecule has 2 aliphatic rings. The molecule has 3 aromatic heterocycles. The van der Waals surface area contributed by atoms with E-state index in [1.165, 1.54) is 27.7 Å². The minimum absolute atomic E-state index is 0.207. The number of nitrogens with zero attached hydrogens (tertiary/aromatic N) is 6. The van der Waals surface area contributed by atoms with Gasteiger partial charge in [-0.15, -0.1) is 0 Å². The molecule has 346 valence electrons. The molecule has 0 saturated carbocycles. The molecule has 0 fully saturated rings. The molecule has 0 spiro atoms. The van der Waals surface area contributed by atoms with Crippen LogP contribution in [0.15, 0.2) is 121 Å². The third-order valence-corrected chi connectivity index (χ3v) is 13.1. The molecule has 2 aliphatic heterocycles. The fraction of sp³-hybridized carbons (Fsp3) is 0.0714. The lowest BCUT2D eigenvalue weighted by atomic mass is 10.00. The van der Waals surface area contributed by atoms with E-state index >= 15 is 0 Å². The Morgan fingerprint density at radius 3 is 0.889 bits per heavy atom. The number of anilines is 4. The van der Waals surface area contributed by atoms with Gasteiger partial charge >= 0.3 is 0 Å². The number of fused-ring (bicyclic) bond motifs is 24. The van der Waals surface area contributed by atoms with Crippen LogP contribution in [-0.4, -0.2) is 63.5 Å². The van der Waals surface area contributed by atoms with E-state index in [0.29, 0.717) is 102 Å². The normalized spacial score (nSPS) is 11.8. The first kappa shape index (κ1) is 42.2. The van der Waals surface area contributed by atoms with Gasteiger partial charge in [0.15, 0.2) is 23.3 Å². The lowest BCUT2D eigenvalue weighted by molar-refractivity contribution is -0.115. The fourth-order valence-corrected chi connectivity index (χ4v) is 10.1. The van der Waals surface area contributed by atoms with E-state index in [4.69, 9.17) is 29.9 Å². The molecule has 72 heavy (non-hydrogen) atoms. The molecule has 0 atom stereocenters. The minimum atomic E-state index is -0.208. The number of aromatic amines is 2. The molecule has 16 heteroatoms. The standard InChI is InChI=1S/C56H38N12O4/c1-25(69)57-45-13-5-9-29-17-37-41(21-33(29)45)53-61-49(37)66-54-43-23-35-31(11-7-15-47(35)59-27(3)71)19-39(43)51(63-54)68-56-44-24-36-32(12-8-16-48(36)60-28(4)72)20-40(44)52(64-56)67-55-42-22-34-30(18-38(42)50(62-55)65-53)10-6-14-46(34)58-26(2)70/h5-24H,1-4H3,(H,57,69)(H,58,70)(H,59,71)(H,60,72)(H2,61,62,63,64,65,66,67,68). The molecule has 16 nitrogen and oxygen atoms in total. The second-order valence-corrected chi connectivity index (χ2v) is 18.0. The van der Waals surface area contributed by atoms with Gasteiger partial charge in [0.2, 0.25) is 23.6 Å².